The van der Waals surface area contributed by atoms with Gasteiger partial charge >= 0.3 is 0 Å². The van der Waals surface area contributed by atoms with Crippen molar-refractivity contribution in [3.05, 3.63) is 29.8 Å². The first-order valence-electron chi connectivity index (χ1n) is 7.05. The van der Waals surface area contributed by atoms with Gasteiger partial charge in [-0.3, -0.25) is 4.79 Å². The minimum atomic E-state index is 0.456. The summed E-state index contributed by atoms with van der Waals surface area (Å²) in [7, 11) is 1.70. The van der Waals surface area contributed by atoms with E-state index in [-0.39, 0.29) is 0 Å². The van der Waals surface area contributed by atoms with E-state index in [1.807, 2.05) is 17.0 Å². The van der Waals surface area contributed by atoms with Gasteiger partial charge in [0, 0.05) is 18.5 Å². The zero-order valence-corrected chi connectivity index (χ0v) is 11.5. The molecular weight excluding hydrogens is 238 g/mol. The quantitative estimate of drug-likeness (QED) is 0.778. The maximum Gasteiger partial charge on any atom is 0.209 e. The van der Waals surface area contributed by atoms with Gasteiger partial charge < -0.3 is 9.64 Å². The molecule has 0 aromatic heterocycles. The van der Waals surface area contributed by atoms with Crippen LogP contribution in [-0.4, -0.2) is 31.5 Å². The maximum absolute atomic E-state index is 10.7. The molecule has 1 unspecified atom stereocenters. The van der Waals surface area contributed by atoms with Crippen molar-refractivity contribution < 1.29 is 9.53 Å². The second-order valence-corrected chi connectivity index (χ2v) is 6.17. The number of benzene rings is 1. The molecule has 1 aromatic rings. The fourth-order valence-corrected chi connectivity index (χ4v) is 3.77. The summed E-state index contributed by atoms with van der Waals surface area (Å²) < 4.78 is 5.18. The summed E-state index contributed by atoms with van der Waals surface area (Å²) >= 11 is 0. The molecule has 3 rings (SSSR count). The predicted molar refractivity (Wildman–Crippen MR) is 74.1 cm³/mol. The van der Waals surface area contributed by atoms with Crippen molar-refractivity contribution in [1.29, 1.82) is 0 Å². The van der Waals surface area contributed by atoms with Crippen LogP contribution in [0.4, 0.5) is 0 Å². The zero-order chi connectivity index (χ0) is 13.3. The molecule has 1 heterocycles. The average molecular weight is 259 g/mol. The van der Waals surface area contributed by atoms with Crippen LogP contribution in [0.5, 0.6) is 5.75 Å². The Morgan fingerprint density at radius 3 is 2.74 bits per heavy atom. The van der Waals surface area contributed by atoms with Crippen LogP contribution in [0.15, 0.2) is 24.3 Å². The van der Waals surface area contributed by atoms with Gasteiger partial charge in [-0.05, 0) is 49.3 Å². The van der Waals surface area contributed by atoms with Crippen molar-refractivity contribution >= 4 is 6.41 Å². The Labute approximate surface area is 114 Å². The molecule has 3 heteroatoms. The minimum Gasteiger partial charge on any atom is -0.497 e. The number of likely N-dealkylation sites (tertiary alicyclic amines) is 1. The summed E-state index contributed by atoms with van der Waals surface area (Å²) in [5.74, 6) is 1.70. The van der Waals surface area contributed by atoms with Crippen LogP contribution in [-0.2, 0) is 11.2 Å². The number of nitrogens with zero attached hydrogens (tertiary/aromatic N) is 1. The van der Waals surface area contributed by atoms with E-state index in [4.69, 9.17) is 4.74 Å². The van der Waals surface area contributed by atoms with Gasteiger partial charge in [-0.25, -0.2) is 0 Å². The lowest BCUT2D eigenvalue weighted by molar-refractivity contribution is -0.129. The van der Waals surface area contributed by atoms with Gasteiger partial charge in [-0.15, -0.1) is 0 Å². The van der Waals surface area contributed by atoms with Gasteiger partial charge in [0.1, 0.15) is 5.75 Å². The smallest absolute Gasteiger partial charge is 0.209 e. The molecule has 1 saturated carbocycles. The molecule has 3 nitrogen and oxygen atoms in total. The lowest BCUT2D eigenvalue weighted by atomic mass is 9.77. The summed E-state index contributed by atoms with van der Waals surface area (Å²) in [6, 6.07) is 8.42. The molecule has 102 valence electrons. The van der Waals surface area contributed by atoms with Crippen molar-refractivity contribution in [2.24, 2.45) is 11.3 Å². The van der Waals surface area contributed by atoms with E-state index in [0.717, 1.165) is 37.6 Å². The first kappa shape index (κ1) is 12.5. The second kappa shape index (κ2) is 4.87. The fourth-order valence-electron chi connectivity index (χ4n) is 3.77. The standard InChI is InChI=1S/C16H21NO2/c1-19-15-4-2-13(3-5-15)8-14-6-7-16(9-14)10-17(11-16)12-18/h2-5,12,14H,6-11H2,1H3. The summed E-state index contributed by atoms with van der Waals surface area (Å²) in [5, 5.41) is 0. The number of carbonyl (C=O) groups excluding carboxylic acids is 1. The number of methoxy groups -OCH3 is 1. The van der Waals surface area contributed by atoms with E-state index < -0.39 is 0 Å². The zero-order valence-electron chi connectivity index (χ0n) is 11.5. The first-order valence-corrected chi connectivity index (χ1v) is 7.05. The molecule has 1 aromatic carbocycles. The van der Waals surface area contributed by atoms with Gasteiger partial charge in [-0.1, -0.05) is 12.1 Å². The highest BCUT2D eigenvalue weighted by Crippen LogP contribution is 2.48. The van der Waals surface area contributed by atoms with E-state index in [1.165, 1.54) is 24.8 Å². The van der Waals surface area contributed by atoms with Crippen LogP contribution in [0.25, 0.3) is 0 Å². The first-order chi connectivity index (χ1) is 9.23. The van der Waals surface area contributed by atoms with Crippen molar-refractivity contribution in [2.75, 3.05) is 20.2 Å². The van der Waals surface area contributed by atoms with E-state index in [9.17, 15) is 4.79 Å². The third-order valence-electron chi connectivity index (χ3n) is 4.71. The number of hydrogen-bond donors (Lipinski definition) is 0. The summed E-state index contributed by atoms with van der Waals surface area (Å²) in [5.41, 5.74) is 1.85. The molecule has 1 atom stereocenters. The highest BCUT2D eigenvalue weighted by atomic mass is 16.5. The van der Waals surface area contributed by atoms with Crippen molar-refractivity contribution in [2.45, 2.75) is 25.7 Å². The molecule has 1 aliphatic carbocycles. The highest BCUT2D eigenvalue weighted by Gasteiger charge is 2.47. The van der Waals surface area contributed by atoms with Crippen molar-refractivity contribution in [1.82, 2.24) is 4.90 Å². The topological polar surface area (TPSA) is 29.5 Å². The number of carbonyl (C=O) groups is 1. The van der Waals surface area contributed by atoms with Crippen LogP contribution in [0, 0.1) is 11.3 Å². The maximum atomic E-state index is 10.7. The van der Waals surface area contributed by atoms with E-state index in [0.29, 0.717) is 5.41 Å². The van der Waals surface area contributed by atoms with Crippen molar-refractivity contribution in [3.8, 4) is 5.75 Å². The summed E-state index contributed by atoms with van der Waals surface area (Å²) in [6.45, 7) is 1.96. The van der Waals surface area contributed by atoms with Crippen LogP contribution in [0.2, 0.25) is 0 Å². The Morgan fingerprint density at radius 1 is 1.37 bits per heavy atom. The molecular formula is C16H21NO2. The van der Waals surface area contributed by atoms with Crippen LogP contribution < -0.4 is 4.74 Å². The Kier molecular flexibility index (Phi) is 3.21. The second-order valence-electron chi connectivity index (χ2n) is 6.17. The molecule has 0 radical (unpaired) electrons. The van der Waals surface area contributed by atoms with Gasteiger partial charge in [0.2, 0.25) is 6.41 Å². The highest BCUT2D eigenvalue weighted by molar-refractivity contribution is 5.49. The Bertz CT molecular complexity index is 448. The van der Waals surface area contributed by atoms with Crippen molar-refractivity contribution in [3.63, 3.8) is 0 Å². The largest absolute Gasteiger partial charge is 0.497 e. The summed E-state index contributed by atoms with van der Waals surface area (Å²) in [6.07, 6.45) is 6.02. The molecule has 1 amide bonds. The Balaban J connectivity index is 1.55. The number of rotatable bonds is 4. The average Bonchev–Trinajstić information content (AvgIpc) is 2.82. The number of ether oxygens (including phenoxy) is 1. The molecule has 0 N–H and O–H groups in total. The molecule has 0 bridgehead atoms. The van der Waals surface area contributed by atoms with E-state index in [2.05, 4.69) is 12.1 Å². The molecule has 2 aliphatic rings. The minimum absolute atomic E-state index is 0.456. The third kappa shape index (κ3) is 2.46. The monoisotopic (exact) mass is 259 g/mol. The Hall–Kier alpha value is -1.51. The van der Waals surface area contributed by atoms with Crippen LogP contribution >= 0.6 is 0 Å². The normalized spacial score (nSPS) is 24.3. The van der Waals surface area contributed by atoms with E-state index >= 15 is 0 Å². The number of amides is 1. The van der Waals surface area contributed by atoms with Gasteiger partial charge in [0.05, 0.1) is 7.11 Å². The summed E-state index contributed by atoms with van der Waals surface area (Å²) in [4.78, 5) is 12.6. The lowest BCUT2D eigenvalue weighted by Gasteiger charge is -2.46. The third-order valence-corrected chi connectivity index (χ3v) is 4.71. The van der Waals surface area contributed by atoms with Crippen LogP contribution in [0.3, 0.4) is 0 Å². The molecule has 1 aliphatic heterocycles. The molecule has 2 fully saturated rings. The van der Waals surface area contributed by atoms with Gasteiger partial charge in [-0.2, -0.15) is 0 Å². The molecule has 19 heavy (non-hydrogen) atoms. The predicted octanol–water partition coefficient (Wildman–Crippen LogP) is 2.50. The number of hydrogen-bond acceptors (Lipinski definition) is 2. The molecule has 1 saturated heterocycles. The van der Waals surface area contributed by atoms with E-state index in [1.54, 1.807) is 7.11 Å². The van der Waals surface area contributed by atoms with Crippen LogP contribution in [0.1, 0.15) is 24.8 Å². The fraction of sp³-hybridized carbons (Fsp3) is 0.562. The SMILES string of the molecule is COc1ccc(CC2CCC3(C2)CN(C=O)C3)cc1. The van der Waals surface area contributed by atoms with Gasteiger partial charge in [0.15, 0.2) is 0 Å². The lowest BCUT2D eigenvalue weighted by Crippen LogP contribution is -2.54. The Morgan fingerprint density at radius 2 is 2.11 bits per heavy atom. The van der Waals surface area contributed by atoms with Gasteiger partial charge in [0.25, 0.3) is 0 Å². The molecule has 1 spiro atoms.